The van der Waals surface area contributed by atoms with Gasteiger partial charge in [-0.2, -0.15) is 0 Å². The van der Waals surface area contributed by atoms with Crippen molar-refractivity contribution in [2.75, 3.05) is 13.1 Å². The normalized spacial score (nSPS) is 19.3. The van der Waals surface area contributed by atoms with E-state index >= 15 is 0 Å². The molecule has 2 bridgehead atoms. The van der Waals surface area contributed by atoms with Gasteiger partial charge in [0.05, 0.1) is 0 Å². The van der Waals surface area contributed by atoms with Crippen LogP contribution in [0.25, 0.3) is 6.08 Å². The molecule has 7 heteroatoms. The number of halogens is 1. The van der Waals surface area contributed by atoms with Crippen LogP contribution in [0.2, 0.25) is 0 Å². The summed E-state index contributed by atoms with van der Waals surface area (Å²) in [7, 11) is 0. The molecule has 1 N–H and O–H groups in total. The molecule has 2 aliphatic heterocycles. The van der Waals surface area contributed by atoms with Gasteiger partial charge in [0.25, 0.3) is 17.4 Å². The van der Waals surface area contributed by atoms with Crippen LogP contribution >= 0.6 is 0 Å². The number of hydrogen-bond acceptors (Lipinski definition) is 3. The van der Waals surface area contributed by atoms with Gasteiger partial charge in [-0.3, -0.25) is 14.4 Å². The van der Waals surface area contributed by atoms with Gasteiger partial charge in [0, 0.05) is 48.4 Å². The Morgan fingerprint density at radius 3 is 2.47 bits per heavy atom. The van der Waals surface area contributed by atoms with E-state index in [1.807, 2.05) is 6.07 Å². The summed E-state index contributed by atoms with van der Waals surface area (Å²) in [5.41, 5.74) is 1.53. The molecule has 2 amide bonds. The monoisotopic (exact) mass is 457 g/mol. The van der Waals surface area contributed by atoms with Gasteiger partial charge < -0.3 is 14.8 Å². The van der Waals surface area contributed by atoms with Crippen molar-refractivity contribution in [3.63, 3.8) is 0 Å². The van der Waals surface area contributed by atoms with E-state index in [-0.39, 0.29) is 34.6 Å². The summed E-state index contributed by atoms with van der Waals surface area (Å²) in [5.74, 6) is -1.12. The van der Waals surface area contributed by atoms with Crippen molar-refractivity contribution in [3.8, 4) is 0 Å². The zero-order chi connectivity index (χ0) is 23.7. The molecular formula is C27H24FN3O3. The minimum atomic E-state index is -0.481. The summed E-state index contributed by atoms with van der Waals surface area (Å²) >= 11 is 0. The maximum absolute atomic E-state index is 14.4. The average Bonchev–Trinajstić information content (AvgIpc) is 2.85. The van der Waals surface area contributed by atoms with Crippen LogP contribution < -0.4 is 10.9 Å². The Labute approximate surface area is 196 Å². The number of hydrogen-bond donors (Lipinski definition) is 1. The minimum absolute atomic E-state index is 0.0179. The third-order valence-electron chi connectivity index (χ3n) is 6.49. The van der Waals surface area contributed by atoms with Gasteiger partial charge in [0.1, 0.15) is 11.5 Å². The second kappa shape index (κ2) is 9.09. The fraction of sp³-hybridized carbons (Fsp3) is 0.222. The van der Waals surface area contributed by atoms with E-state index in [1.54, 1.807) is 70.1 Å². The van der Waals surface area contributed by atoms with Gasteiger partial charge in [-0.05, 0) is 42.7 Å². The van der Waals surface area contributed by atoms with Gasteiger partial charge in [0.2, 0.25) is 0 Å². The molecule has 3 heterocycles. The fourth-order valence-corrected chi connectivity index (χ4v) is 4.92. The first-order valence-corrected chi connectivity index (χ1v) is 11.3. The second-order valence-corrected chi connectivity index (χ2v) is 8.81. The molecule has 2 aromatic carbocycles. The van der Waals surface area contributed by atoms with Gasteiger partial charge in [-0.25, -0.2) is 4.39 Å². The number of rotatable bonds is 4. The lowest BCUT2D eigenvalue weighted by Gasteiger charge is -2.43. The second-order valence-electron chi connectivity index (χ2n) is 8.81. The van der Waals surface area contributed by atoms with Crippen LogP contribution in [0.5, 0.6) is 0 Å². The Balaban J connectivity index is 1.45. The molecule has 34 heavy (non-hydrogen) atoms. The number of pyridine rings is 1. The number of benzene rings is 2. The van der Waals surface area contributed by atoms with Crippen LogP contribution in [0.3, 0.4) is 0 Å². The average molecular weight is 458 g/mol. The van der Waals surface area contributed by atoms with E-state index in [0.717, 1.165) is 12.1 Å². The van der Waals surface area contributed by atoms with Crippen molar-refractivity contribution in [2.45, 2.75) is 18.9 Å². The lowest BCUT2D eigenvalue weighted by atomic mass is 9.83. The van der Waals surface area contributed by atoms with E-state index in [0.29, 0.717) is 25.2 Å². The first-order chi connectivity index (χ1) is 16.5. The molecule has 3 aromatic rings. The number of likely N-dealkylation sites (tertiary alicyclic amines) is 1. The number of carbonyl (C=O) groups is 2. The molecule has 0 radical (unpaired) electrons. The summed E-state index contributed by atoms with van der Waals surface area (Å²) in [6.07, 6.45) is 2.29. The number of nitrogens with one attached hydrogen (secondary N) is 1. The van der Waals surface area contributed by atoms with Gasteiger partial charge in [-0.15, -0.1) is 0 Å². The molecular weight excluding hydrogens is 433 g/mol. The van der Waals surface area contributed by atoms with E-state index in [9.17, 15) is 18.8 Å². The van der Waals surface area contributed by atoms with Crippen LogP contribution in [0.15, 0.2) is 83.3 Å². The summed E-state index contributed by atoms with van der Waals surface area (Å²) in [4.78, 5) is 40.5. The largest absolute Gasteiger partial charge is 0.336 e. The van der Waals surface area contributed by atoms with Crippen LogP contribution in [0.1, 0.15) is 34.0 Å². The highest BCUT2D eigenvalue weighted by Gasteiger charge is 2.37. The standard InChI is InChI=1S/C27H24FN3O3/c28-22-10-5-4-9-20(22)14-23(29-26(33)19-7-2-1-3-8-19)27(34)30-15-18-13-21(17-30)24-11-6-12-25(32)31(24)16-18/h1-12,14,18,21H,13,15-17H2,(H,29,33)/t18-,21-/m0/s1. The van der Waals surface area contributed by atoms with Crippen molar-refractivity contribution >= 4 is 17.9 Å². The molecule has 6 nitrogen and oxygen atoms in total. The molecule has 0 aliphatic carbocycles. The zero-order valence-electron chi connectivity index (χ0n) is 18.5. The highest BCUT2D eigenvalue weighted by Crippen LogP contribution is 2.35. The summed E-state index contributed by atoms with van der Waals surface area (Å²) in [6, 6.07) is 19.9. The lowest BCUT2D eigenvalue weighted by Crippen LogP contribution is -2.50. The SMILES string of the molecule is O=C(NC(=Cc1ccccc1F)C(=O)N1C[C@@H]2C[C@@H](C1)c1cccc(=O)n1C2)c1ccccc1. The molecule has 2 atom stereocenters. The fourth-order valence-electron chi connectivity index (χ4n) is 4.92. The summed E-state index contributed by atoms with van der Waals surface area (Å²) < 4.78 is 16.2. The third-order valence-corrected chi connectivity index (χ3v) is 6.49. The smallest absolute Gasteiger partial charge is 0.270 e. The number of amides is 2. The maximum Gasteiger partial charge on any atom is 0.270 e. The molecule has 5 rings (SSSR count). The van der Waals surface area contributed by atoms with E-state index < -0.39 is 11.7 Å². The summed E-state index contributed by atoms with van der Waals surface area (Å²) in [6.45, 7) is 1.44. The Morgan fingerprint density at radius 1 is 0.912 bits per heavy atom. The Hall–Kier alpha value is -4.00. The van der Waals surface area contributed by atoms with E-state index in [2.05, 4.69) is 5.32 Å². The van der Waals surface area contributed by atoms with E-state index in [1.165, 1.54) is 12.1 Å². The maximum atomic E-state index is 14.4. The number of carbonyl (C=O) groups excluding carboxylic acids is 2. The van der Waals surface area contributed by atoms with E-state index in [4.69, 9.17) is 0 Å². The predicted octanol–water partition coefficient (Wildman–Crippen LogP) is 3.40. The van der Waals surface area contributed by atoms with Crippen LogP contribution in [-0.4, -0.2) is 34.4 Å². The summed E-state index contributed by atoms with van der Waals surface area (Å²) in [5, 5.41) is 2.71. The van der Waals surface area contributed by atoms with Crippen LogP contribution in [0.4, 0.5) is 4.39 Å². The minimum Gasteiger partial charge on any atom is -0.336 e. The number of fused-ring (bicyclic) bond motifs is 4. The van der Waals surface area contributed by atoms with Crippen molar-refractivity contribution in [1.82, 2.24) is 14.8 Å². The predicted molar refractivity (Wildman–Crippen MR) is 126 cm³/mol. The number of piperidine rings is 1. The highest BCUT2D eigenvalue weighted by atomic mass is 19.1. The number of aromatic nitrogens is 1. The zero-order valence-corrected chi connectivity index (χ0v) is 18.5. The van der Waals surface area contributed by atoms with Crippen LogP contribution in [-0.2, 0) is 11.3 Å². The topological polar surface area (TPSA) is 71.4 Å². The third kappa shape index (κ3) is 4.29. The van der Waals surface area contributed by atoms with Gasteiger partial charge in [-0.1, -0.05) is 42.5 Å². The Morgan fingerprint density at radius 2 is 1.68 bits per heavy atom. The molecule has 0 saturated carbocycles. The van der Waals surface area contributed by atoms with Crippen molar-refractivity contribution in [3.05, 3.63) is 111 Å². The van der Waals surface area contributed by atoms with Crippen molar-refractivity contribution in [2.24, 2.45) is 5.92 Å². The molecule has 1 saturated heterocycles. The Bertz CT molecular complexity index is 1330. The number of nitrogens with zero attached hydrogens (tertiary/aromatic N) is 2. The van der Waals surface area contributed by atoms with Crippen LogP contribution in [0, 0.1) is 11.7 Å². The molecule has 0 unspecified atom stereocenters. The first kappa shape index (κ1) is 21.8. The molecule has 1 fully saturated rings. The van der Waals surface area contributed by atoms with Crippen molar-refractivity contribution < 1.29 is 14.0 Å². The lowest BCUT2D eigenvalue weighted by molar-refractivity contribution is -0.130. The molecule has 1 aromatic heterocycles. The molecule has 2 aliphatic rings. The first-order valence-electron chi connectivity index (χ1n) is 11.3. The van der Waals surface area contributed by atoms with Gasteiger partial charge >= 0.3 is 0 Å². The van der Waals surface area contributed by atoms with Crippen molar-refractivity contribution in [1.29, 1.82) is 0 Å². The quantitative estimate of drug-likeness (QED) is 0.611. The highest BCUT2D eigenvalue weighted by molar-refractivity contribution is 6.05. The molecule has 172 valence electrons. The van der Waals surface area contributed by atoms with Gasteiger partial charge in [0.15, 0.2) is 0 Å². The Kier molecular flexibility index (Phi) is 5.84. The molecule has 0 spiro atoms.